The summed E-state index contributed by atoms with van der Waals surface area (Å²) < 4.78 is 26.9. The van der Waals surface area contributed by atoms with Gasteiger partial charge in [0, 0.05) is 44.4 Å². The third-order valence-corrected chi connectivity index (χ3v) is 7.69. The van der Waals surface area contributed by atoms with Gasteiger partial charge in [0.1, 0.15) is 0 Å². The second-order valence-electron chi connectivity index (χ2n) is 7.81. The number of carbonyl (C=O) groups is 2. The van der Waals surface area contributed by atoms with Gasteiger partial charge in [0.15, 0.2) is 0 Å². The Morgan fingerprint density at radius 3 is 2.42 bits per heavy atom. The lowest BCUT2D eigenvalue weighted by Crippen LogP contribution is -2.56. The number of non-ortho nitro benzene ring substituents is 1. The van der Waals surface area contributed by atoms with Gasteiger partial charge in [-0.05, 0) is 25.8 Å². The van der Waals surface area contributed by atoms with Crippen molar-refractivity contribution in [1.29, 1.82) is 0 Å². The van der Waals surface area contributed by atoms with Crippen LogP contribution in [0, 0.1) is 10.1 Å². The highest BCUT2D eigenvalue weighted by Crippen LogP contribution is 2.22. The number of nitro benzene ring substituents is 1. The maximum absolute atomic E-state index is 12.8. The van der Waals surface area contributed by atoms with E-state index in [0.29, 0.717) is 13.1 Å². The Bertz CT molecular complexity index is 939. The molecule has 1 saturated carbocycles. The van der Waals surface area contributed by atoms with Gasteiger partial charge in [-0.15, -0.1) is 0 Å². The van der Waals surface area contributed by atoms with E-state index in [1.807, 2.05) is 0 Å². The zero-order chi connectivity index (χ0) is 22.6. The molecule has 0 spiro atoms. The number of hydrogen-bond donors (Lipinski definition) is 2. The van der Waals surface area contributed by atoms with E-state index in [0.717, 1.165) is 31.7 Å². The molecule has 0 aromatic heterocycles. The summed E-state index contributed by atoms with van der Waals surface area (Å²) in [5, 5.41) is 16.1. The number of amides is 3. The minimum Gasteiger partial charge on any atom is -0.335 e. The largest absolute Gasteiger partial charge is 0.335 e. The second-order valence-corrected chi connectivity index (χ2v) is 9.75. The van der Waals surface area contributed by atoms with Gasteiger partial charge in [-0.25, -0.2) is 13.2 Å². The lowest BCUT2D eigenvalue weighted by Gasteiger charge is -2.36. The number of imide groups is 1. The maximum atomic E-state index is 12.8. The molecule has 12 heteroatoms. The average Bonchev–Trinajstić information content (AvgIpc) is 3.26. The van der Waals surface area contributed by atoms with Crippen LogP contribution in [-0.4, -0.2) is 72.7 Å². The van der Waals surface area contributed by atoms with E-state index in [1.54, 1.807) is 11.8 Å². The van der Waals surface area contributed by atoms with Crippen LogP contribution in [0.15, 0.2) is 29.2 Å². The van der Waals surface area contributed by atoms with Crippen molar-refractivity contribution in [2.24, 2.45) is 0 Å². The molecule has 1 aromatic rings. The normalized spacial score (nSPS) is 19.6. The summed E-state index contributed by atoms with van der Waals surface area (Å²) in [6.07, 6.45) is 3.97. The van der Waals surface area contributed by atoms with Gasteiger partial charge >= 0.3 is 6.03 Å². The van der Waals surface area contributed by atoms with Crippen molar-refractivity contribution in [3.63, 3.8) is 0 Å². The van der Waals surface area contributed by atoms with Crippen molar-refractivity contribution < 1.29 is 22.9 Å². The first-order chi connectivity index (χ1) is 14.7. The van der Waals surface area contributed by atoms with Gasteiger partial charge in [-0.1, -0.05) is 18.9 Å². The Labute approximate surface area is 181 Å². The number of rotatable bonds is 6. The molecule has 1 aromatic carbocycles. The number of carbonyl (C=O) groups excluding carboxylic acids is 2. The monoisotopic (exact) mass is 453 g/mol. The summed E-state index contributed by atoms with van der Waals surface area (Å²) in [4.78, 5) is 36.4. The van der Waals surface area contributed by atoms with Gasteiger partial charge in [-0.2, -0.15) is 4.31 Å². The number of piperazine rings is 1. The molecule has 2 N–H and O–H groups in total. The minimum absolute atomic E-state index is 0.102. The molecule has 1 aliphatic carbocycles. The van der Waals surface area contributed by atoms with Gasteiger partial charge < -0.3 is 5.32 Å². The molecule has 2 aliphatic rings. The second kappa shape index (κ2) is 9.71. The molecule has 1 unspecified atom stereocenters. The SMILES string of the molecule is CC(C(=O)NC(=O)NC1CCCC1)N1CCN(S(=O)(=O)c2cccc([N+](=O)[O-])c2)CC1. The molecular weight excluding hydrogens is 426 g/mol. The molecule has 31 heavy (non-hydrogen) atoms. The zero-order valence-electron chi connectivity index (χ0n) is 17.3. The van der Waals surface area contributed by atoms with E-state index in [-0.39, 0.29) is 29.7 Å². The van der Waals surface area contributed by atoms with E-state index < -0.39 is 32.9 Å². The number of benzene rings is 1. The van der Waals surface area contributed by atoms with E-state index in [9.17, 15) is 28.1 Å². The molecule has 1 aliphatic heterocycles. The van der Waals surface area contributed by atoms with E-state index in [2.05, 4.69) is 10.6 Å². The summed E-state index contributed by atoms with van der Waals surface area (Å²) in [6.45, 7) is 2.54. The van der Waals surface area contributed by atoms with Crippen LogP contribution in [0.4, 0.5) is 10.5 Å². The lowest BCUT2D eigenvalue weighted by molar-refractivity contribution is -0.385. The first-order valence-corrected chi connectivity index (χ1v) is 11.7. The Balaban J connectivity index is 1.54. The zero-order valence-corrected chi connectivity index (χ0v) is 18.1. The Morgan fingerprint density at radius 2 is 1.81 bits per heavy atom. The van der Waals surface area contributed by atoms with E-state index in [1.165, 1.54) is 22.5 Å². The first-order valence-electron chi connectivity index (χ1n) is 10.3. The van der Waals surface area contributed by atoms with Gasteiger partial charge in [0.25, 0.3) is 5.69 Å². The summed E-state index contributed by atoms with van der Waals surface area (Å²) >= 11 is 0. The van der Waals surface area contributed by atoms with Crippen LogP contribution in [0.2, 0.25) is 0 Å². The molecule has 1 atom stereocenters. The minimum atomic E-state index is -3.88. The number of urea groups is 1. The van der Waals surface area contributed by atoms with Crippen LogP contribution < -0.4 is 10.6 Å². The Kier molecular flexibility index (Phi) is 7.23. The van der Waals surface area contributed by atoms with Crippen molar-refractivity contribution in [3.8, 4) is 0 Å². The summed E-state index contributed by atoms with van der Waals surface area (Å²) in [6, 6.07) is 3.94. The molecule has 3 amide bonds. The highest BCUT2D eigenvalue weighted by atomic mass is 32.2. The molecule has 3 rings (SSSR count). The van der Waals surface area contributed by atoms with Gasteiger partial charge in [0.2, 0.25) is 15.9 Å². The Hall–Kier alpha value is -2.57. The number of nitro groups is 1. The van der Waals surface area contributed by atoms with Crippen molar-refractivity contribution >= 4 is 27.6 Å². The van der Waals surface area contributed by atoms with Crippen LogP contribution in [0.25, 0.3) is 0 Å². The number of nitrogens with zero attached hydrogens (tertiary/aromatic N) is 3. The van der Waals surface area contributed by atoms with Crippen LogP contribution in [0.5, 0.6) is 0 Å². The smallest absolute Gasteiger partial charge is 0.321 e. The number of nitrogens with one attached hydrogen (secondary N) is 2. The highest BCUT2D eigenvalue weighted by Gasteiger charge is 2.33. The van der Waals surface area contributed by atoms with Crippen molar-refractivity contribution in [2.45, 2.75) is 49.6 Å². The first kappa shape index (κ1) is 23.1. The van der Waals surface area contributed by atoms with Crippen molar-refractivity contribution in [1.82, 2.24) is 19.8 Å². The fourth-order valence-electron chi connectivity index (χ4n) is 3.91. The highest BCUT2D eigenvalue weighted by molar-refractivity contribution is 7.89. The fourth-order valence-corrected chi connectivity index (χ4v) is 5.37. The standard InChI is InChI=1S/C19H27N5O6S/c1-14(18(25)21-19(26)20-15-5-2-3-6-15)22-9-11-23(12-10-22)31(29,30)17-8-4-7-16(13-17)24(27)28/h4,7-8,13-15H,2-3,5-6,9-12H2,1H3,(H2,20,21,25,26). The van der Waals surface area contributed by atoms with Crippen molar-refractivity contribution in [2.75, 3.05) is 26.2 Å². The van der Waals surface area contributed by atoms with Crippen molar-refractivity contribution in [3.05, 3.63) is 34.4 Å². The molecule has 2 fully saturated rings. The predicted octanol–water partition coefficient (Wildman–Crippen LogP) is 1.06. The van der Waals surface area contributed by atoms with Crippen LogP contribution in [0.3, 0.4) is 0 Å². The summed E-state index contributed by atoms with van der Waals surface area (Å²) in [7, 11) is -3.88. The van der Waals surface area contributed by atoms with Crippen LogP contribution in [0.1, 0.15) is 32.6 Å². The fraction of sp³-hybridized carbons (Fsp3) is 0.579. The van der Waals surface area contributed by atoms with E-state index >= 15 is 0 Å². The molecule has 1 saturated heterocycles. The Morgan fingerprint density at radius 1 is 1.16 bits per heavy atom. The third kappa shape index (κ3) is 5.57. The lowest BCUT2D eigenvalue weighted by atomic mass is 10.2. The topological polar surface area (TPSA) is 142 Å². The molecular formula is C19H27N5O6S. The number of sulfonamides is 1. The van der Waals surface area contributed by atoms with Crippen LogP contribution in [-0.2, 0) is 14.8 Å². The predicted molar refractivity (Wildman–Crippen MR) is 112 cm³/mol. The molecule has 0 bridgehead atoms. The molecule has 1 heterocycles. The van der Waals surface area contributed by atoms with E-state index in [4.69, 9.17) is 0 Å². The molecule has 0 radical (unpaired) electrons. The van der Waals surface area contributed by atoms with Gasteiger partial charge in [0.05, 0.1) is 15.9 Å². The number of hydrogen-bond acceptors (Lipinski definition) is 7. The summed E-state index contributed by atoms with van der Waals surface area (Å²) in [5.41, 5.74) is -0.291. The maximum Gasteiger partial charge on any atom is 0.321 e. The quantitative estimate of drug-likeness (QED) is 0.484. The van der Waals surface area contributed by atoms with Crippen LogP contribution >= 0.6 is 0 Å². The van der Waals surface area contributed by atoms with Gasteiger partial charge in [-0.3, -0.25) is 25.1 Å². The summed E-state index contributed by atoms with van der Waals surface area (Å²) in [5.74, 6) is -0.439. The molecule has 11 nitrogen and oxygen atoms in total. The average molecular weight is 454 g/mol. The third-order valence-electron chi connectivity index (χ3n) is 5.79. The molecule has 170 valence electrons.